The highest BCUT2D eigenvalue weighted by molar-refractivity contribution is 5.97. The zero-order valence-electron chi connectivity index (χ0n) is 22.2. The number of halogens is 3. The van der Waals surface area contributed by atoms with Gasteiger partial charge in [0.15, 0.2) is 0 Å². The highest BCUT2D eigenvalue weighted by Crippen LogP contribution is 2.31. The van der Waals surface area contributed by atoms with E-state index < -0.39 is 17.5 Å². The van der Waals surface area contributed by atoms with Crippen LogP contribution >= 0.6 is 0 Å². The standard InChI is InChI=1S/C30H32F3N5O2/c31-24-3-1-20(2-4-24)18-37-9-11-38(12-10-37)30(40)23-15-27(28(29(34)39)35-17-23)22-5-7-36(8-6-22)19-21-13-25(32)16-26(33)14-21/h1-4,13-17,22H,5-12,18-19H2,(H2,34,39). The number of piperidine rings is 1. The van der Waals surface area contributed by atoms with Crippen molar-refractivity contribution in [1.82, 2.24) is 19.7 Å². The maximum absolute atomic E-state index is 13.6. The molecular formula is C30H32F3N5O2. The molecule has 0 atom stereocenters. The summed E-state index contributed by atoms with van der Waals surface area (Å²) in [7, 11) is 0. The minimum absolute atomic E-state index is 0.0178. The van der Waals surface area contributed by atoms with Crippen LogP contribution in [0.25, 0.3) is 0 Å². The lowest BCUT2D eigenvalue weighted by Gasteiger charge is -2.35. The molecule has 2 amide bonds. The van der Waals surface area contributed by atoms with Crippen LogP contribution in [0.1, 0.15) is 56.3 Å². The predicted octanol–water partition coefficient (Wildman–Crippen LogP) is 3.94. The molecule has 0 spiro atoms. The van der Waals surface area contributed by atoms with Gasteiger partial charge in [-0.2, -0.15) is 0 Å². The first-order valence-corrected chi connectivity index (χ1v) is 13.5. The van der Waals surface area contributed by atoms with Crippen molar-refractivity contribution in [2.45, 2.75) is 31.8 Å². The summed E-state index contributed by atoms with van der Waals surface area (Å²) in [6, 6.07) is 11.7. The predicted molar refractivity (Wildman–Crippen MR) is 144 cm³/mol. The molecule has 5 rings (SSSR count). The molecule has 3 aromatic rings. The maximum atomic E-state index is 13.6. The number of primary amides is 1. The fraction of sp³-hybridized carbons (Fsp3) is 0.367. The molecule has 2 N–H and O–H groups in total. The molecule has 0 radical (unpaired) electrons. The Labute approximate surface area is 231 Å². The third-order valence-electron chi connectivity index (χ3n) is 7.73. The second-order valence-corrected chi connectivity index (χ2v) is 10.5. The van der Waals surface area contributed by atoms with Crippen molar-refractivity contribution in [3.05, 3.63) is 100 Å². The quantitative estimate of drug-likeness (QED) is 0.481. The Balaban J connectivity index is 1.21. The summed E-state index contributed by atoms with van der Waals surface area (Å²) >= 11 is 0. The van der Waals surface area contributed by atoms with E-state index in [0.717, 1.165) is 11.6 Å². The topological polar surface area (TPSA) is 82.8 Å². The zero-order valence-corrected chi connectivity index (χ0v) is 22.2. The normalized spacial score (nSPS) is 17.2. The number of likely N-dealkylation sites (tertiary alicyclic amines) is 1. The Morgan fingerprint density at radius 1 is 0.775 bits per heavy atom. The molecule has 2 saturated heterocycles. The van der Waals surface area contributed by atoms with Crippen LogP contribution in [0.2, 0.25) is 0 Å². The summed E-state index contributed by atoms with van der Waals surface area (Å²) in [5.41, 5.74) is 8.48. The van der Waals surface area contributed by atoms with Crippen LogP contribution in [0.5, 0.6) is 0 Å². The number of aromatic nitrogens is 1. The molecule has 0 saturated carbocycles. The summed E-state index contributed by atoms with van der Waals surface area (Å²) in [5.74, 6) is -2.26. The van der Waals surface area contributed by atoms with Crippen molar-refractivity contribution in [3.8, 4) is 0 Å². The first-order valence-electron chi connectivity index (χ1n) is 13.5. The molecule has 10 heteroatoms. The number of hydrogen-bond acceptors (Lipinski definition) is 5. The minimum Gasteiger partial charge on any atom is -0.364 e. The second-order valence-electron chi connectivity index (χ2n) is 10.5. The number of benzene rings is 2. The lowest BCUT2D eigenvalue weighted by Crippen LogP contribution is -2.48. The summed E-state index contributed by atoms with van der Waals surface area (Å²) in [6.07, 6.45) is 2.81. The first kappa shape index (κ1) is 27.8. The van der Waals surface area contributed by atoms with Crippen LogP contribution in [0.3, 0.4) is 0 Å². The summed E-state index contributed by atoms with van der Waals surface area (Å²) < 4.78 is 40.4. The van der Waals surface area contributed by atoms with E-state index in [0.29, 0.717) is 81.9 Å². The molecule has 0 aliphatic carbocycles. The van der Waals surface area contributed by atoms with Gasteiger partial charge in [-0.05, 0) is 78.9 Å². The second kappa shape index (κ2) is 12.2. The number of carbonyl (C=O) groups is 2. The van der Waals surface area contributed by atoms with Crippen LogP contribution in [0.15, 0.2) is 54.7 Å². The van der Waals surface area contributed by atoms with Gasteiger partial charge in [0, 0.05) is 51.5 Å². The number of rotatable bonds is 7. The number of pyridine rings is 1. The maximum Gasteiger partial charge on any atom is 0.267 e. The van der Waals surface area contributed by atoms with Gasteiger partial charge in [0.25, 0.3) is 11.8 Å². The number of carbonyl (C=O) groups excluding carboxylic acids is 2. The van der Waals surface area contributed by atoms with Crippen molar-refractivity contribution in [3.63, 3.8) is 0 Å². The monoisotopic (exact) mass is 551 g/mol. The van der Waals surface area contributed by atoms with E-state index >= 15 is 0 Å². The van der Waals surface area contributed by atoms with E-state index in [1.807, 2.05) is 0 Å². The molecule has 0 unspecified atom stereocenters. The van der Waals surface area contributed by atoms with Gasteiger partial charge in [-0.15, -0.1) is 0 Å². The molecule has 210 valence electrons. The molecule has 1 aromatic heterocycles. The summed E-state index contributed by atoms with van der Waals surface area (Å²) in [5, 5.41) is 0. The van der Waals surface area contributed by atoms with Crippen LogP contribution in [-0.4, -0.2) is 70.8 Å². The van der Waals surface area contributed by atoms with E-state index in [4.69, 9.17) is 5.73 Å². The fourth-order valence-corrected chi connectivity index (χ4v) is 5.62. The number of piperazine rings is 1. The van der Waals surface area contributed by atoms with Crippen LogP contribution < -0.4 is 5.73 Å². The third-order valence-corrected chi connectivity index (χ3v) is 7.73. The van der Waals surface area contributed by atoms with Gasteiger partial charge in [-0.1, -0.05) is 12.1 Å². The highest BCUT2D eigenvalue weighted by atomic mass is 19.1. The number of nitrogens with zero attached hydrogens (tertiary/aromatic N) is 4. The molecule has 2 aliphatic rings. The van der Waals surface area contributed by atoms with E-state index in [2.05, 4.69) is 14.8 Å². The van der Waals surface area contributed by atoms with E-state index in [9.17, 15) is 22.8 Å². The van der Waals surface area contributed by atoms with Crippen LogP contribution in [-0.2, 0) is 13.1 Å². The average Bonchev–Trinajstić information content (AvgIpc) is 2.94. The Bertz CT molecular complexity index is 1350. The van der Waals surface area contributed by atoms with Crippen molar-refractivity contribution < 1.29 is 22.8 Å². The SMILES string of the molecule is NC(=O)c1ncc(C(=O)N2CCN(Cc3ccc(F)cc3)CC2)cc1C1CCN(Cc2cc(F)cc(F)c2)CC1. The fourth-order valence-electron chi connectivity index (χ4n) is 5.62. The molecule has 3 heterocycles. The third kappa shape index (κ3) is 6.68. The van der Waals surface area contributed by atoms with Gasteiger partial charge in [-0.3, -0.25) is 19.4 Å². The zero-order chi connectivity index (χ0) is 28.2. The van der Waals surface area contributed by atoms with E-state index in [-0.39, 0.29) is 23.3 Å². The molecule has 0 bridgehead atoms. The smallest absolute Gasteiger partial charge is 0.267 e. The molecule has 2 aromatic carbocycles. The molecule has 40 heavy (non-hydrogen) atoms. The molecular weight excluding hydrogens is 519 g/mol. The van der Waals surface area contributed by atoms with Gasteiger partial charge in [0.1, 0.15) is 23.1 Å². The first-order chi connectivity index (χ1) is 19.2. The van der Waals surface area contributed by atoms with E-state index in [1.165, 1.54) is 30.5 Å². The van der Waals surface area contributed by atoms with Gasteiger partial charge in [0.05, 0.1) is 5.56 Å². The Kier molecular flexibility index (Phi) is 8.46. The number of hydrogen-bond donors (Lipinski definition) is 1. The molecule has 7 nitrogen and oxygen atoms in total. The molecule has 2 fully saturated rings. The van der Waals surface area contributed by atoms with Crippen LogP contribution in [0.4, 0.5) is 13.2 Å². The largest absolute Gasteiger partial charge is 0.364 e. The van der Waals surface area contributed by atoms with Gasteiger partial charge < -0.3 is 10.6 Å². The molecule has 2 aliphatic heterocycles. The lowest BCUT2D eigenvalue weighted by molar-refractivity contribution is 0.0627. The van der Waals surface area contributed by atoms with Crippen LogP contribution in [0, 0.1) is 17.5 Å². The Hall–Kier alpha value is -3.76. The van der Waals surface area contributed by atoms with Gasteiger partial charge >= 0.3 is 0 Å². The van der Waals surface area contributed by atoms with Crippen molar-refractivity contribution in [1.29, 1.82) is 0 Å². The number of amides is 2. The van der Waals surface area contributed by atoms with Gasteiger partial charge in [0.2, 0.25) is 0 Å². The Morgan fingerprint density at radius 3 is 2.00 bits per heavy atom. The van der Waals surface area contributed by atoms with Crippen molar-refractivity contribution in [2.24, 2.45) is 5.73 Å². The summed E-state index contributed by atoms with van der Waals surface area (Å²) in [4.78, 5) is 36.0. The number of nitrogens with two attached hydrogens (primary N) is 1. The lowest BCUT2D eigenvalue weighted by atomic mass is 9.87. The average molecular weight is 552 g/mol. The van der Waals surface area contributed by atoms with Crippen molar-refractivity contribution >= 4 is 11.8 Å². The summed E-state index contributed by atoms with van der Waals surface area (Å²) in [6.45, 7) is 4.91. The van der Waals surface area contributed by atoms with Crippen molar-refractivity contribution in [2.75, 3.05) is 39.3 Å². The van der Waals surface area contributed by atoms with E-state index in [1.54, 1.807) is 23.1 Å². The van der Waals surface area contributed by atoms with Gasteiger partial charge in [-0.25, -0.2) is 18.2 Å². The minimum atomic E-state index is -0.638. The Morgan fingerprint density at radius 2 is 1.38 bits per heavy atom. The highest BCUT2D eigenvalue weighted by Gasteiger charge is 2.28.